The molecule has 0 bridgehead atoms. The Morgan fingerprint density at radius 1 is 1.10 bits per heavy atom. The van der Waals surface area contributed by atoms with E-state index in [1.54, 1.807) is 7.11 Å². The summed E-state index contributed by atoms with van der Waals surface area (Å²) in [6.07, 6.45) is 3.48. The Morgan fingerprint density at radius 3 is 2.65 bits per heavy atom. The summed E-state index contributed by atoms with van der Waals surface area (Å²) in [4.78, 5) is 0. The number of nitrogens with one attached hydrogen (secondary N) is 1. The lowest BCUT2D eigenvalue weighted by Crippen LogP contribution is -2.27. The van der Waals surface area contributed by atoms with E-state index in [2.05, 4.69) is 48.6 Å². The van der Waals surface area contributed by atoms with Gasteiger partial charge in [-0.2, -0.15) is 0 Å². The fourth-order valence-electron chi connectivity index (χ4n) is 2.97. The highest BCUT2D eigenvalue weighted by molar-refractivity contribution is 5.54. The van der Waals surface area contributed by atoms with Gasteiger partial charge in [-0.1, -0.05) is 24.3 Å². The number of ether oxygens (including phenoxy) is 1. The molecule has 1 aliphatic rings. The highest BCUT2D eigenvalue weighted by atomic mass is 16.5. The molecule has 0 amide bonds. The molecule has 104 valence electrons. The summed E-state index contributed by atoms with van der Waals surface area (Å²) < 4.78 is 5.26. The maximum absolute atomic E-state index is 5.26. The van der Waals surface area contributed by atoms with Crippen LogP contribution in [0.2, 0.25) is 0 Å². The minimum Gasteiger partial charge on any atom is -0.497 e. The highest BCUT2D eigenvalue weighted by Crippen LogP contribution is 2.26. The van der Waals surface area contributed by atoms with E-state index in [1.807, 2.05) is 6.07 Å². The van der Waals surface area contributed by atoms with Crippen LogP contribution in [0.1, 0.15) is 23.1 Å². The number of methoxy groups -OCH3 is 1. The van der Waals surface area contributed by atoms with E-state index in [-0.39, 0.29) is 0 Å². The summed E-state index contributed by atoms with van der Waals surface area (Å²) in [5.41, 5.74) is 5.46. The summed E-state index contributed by atoms with van der Waals surface area (Å²) in [5.74, 6) is 0.919. The van der Waals surface area contributed by atoms with Crippen molar-refractivity contribution in [1.82, 2.24) is 0 Å². The number of anilines is 1. The van der Waals surface area contributed by atoms with Crippen molar-refractivity contribution in [3.63, 3.8) is 0 Å². The number of aryl methyl sites for hydroxylation is 2. The van der Waals surface area contributed by atoms with Gasteiger partial charge in [0.15, 0.2) is 0 Å². The lowest BCUT2D eigenvalue weighted by molar-refractivity contribution is 0.414. The topological polar surface area (TPSA) is 21.3 Å². The van der Waals surface area contributed by atoms with Gasteiger partial charge in [-0.25, -0.2) is 0 Å². The molecule has 2 aromatic carbocycles. The van der Waals surface area contributed by atoms with Crippen molar-refractivity contribution >= 4 is 5.69 Å². The van der Waals surface area contributed by atoms with E-state index in [4.69, 9.17) is 4.74 Å². The predicted molar refractivity (Wildman–Crippen MR) is 83.6 cm³/mol. The standard InChI is InChI=1S/C18H21NO/c1-13-11-17(20-2)9-10-18(13)19-16-8-7-14-5-3-4-6-15(14)12-16/h3-6,9-11,16,19H,7-8,12H2,1-2H3. The number of fused-ring (bicyclic) bond motifs is 1. The van der Waals surface area contributed by atoms with Crippen molar-refractivity contribution in [3.8, 4) is 5.75 Å². The third kappa shape index (κ3) is 2.64. The fourth-order valence-corrected chi connectivity index (χ4v) is 2.97. The predicted octanol–water partition coefficient (Wildman–Crippen LogP) is 3.97. The van der Waals surface area contributed by atoms with Gasteiger partial charge < -0.3 is 10.1 Å². The van der Waals surface area contributed by atoms with Crippen molar-refractivity contribution in [3.05, 3.63) is 59.2 Å². The van der Waals surface area contributed by atoms with Crippen LogP contribution in [0, 0.1) is 6.92 Å². The summed E-state index contributed by atoms with van der Waals surface area (Å²) in [6.45, 7) is 2.13. The van der Waals surface area contributed by atoms with Crippen molar-refractivity contribution in [2.45, 2.75) is 32.2 Å². The first-order chi connectivity index (χ1) is 9.76. The first kappa shape index (κ1) is 13.0. The van der Waals surface area contributed by atoms with Crippen molar-refractivity contribution in [2.75, 3.05) is 12.4 Å². The molecule has 20 heavy (non-hydrogen) atoms. The Labute approximate surface area is 120 Å². The van der Waals surface area contributed by atoms with Gasteiger partial charge in [-0.15, -0.1) is 0 Å². The molecule has 1 unspecified atom stereocenters. The van der Waals surface area contributed by atoms with E-state index < -0.39 is 0 Å². The minimum atomic E-state index is 0.525. The zero-order valence-corrected chi connectivity index (χ0v) is 12.1. The van der Waals surface area contributed by atoms with Crippen LogP contribution in [0.25, 0.3) is 0 Å². The third-order valence-corrected chi connectivity index (χ3v) is 4.14. The molecule has 2 nitrogen and oxygen atoms in total. The molecule has 0 saturated carbocycles. The normalized spacial score (nSPS) is 17.4. The molecule has 0 saturated heterocycles. The molecule has 2 heteroatoms. The Hall–Kier alpha value is -1.96. The smallest absolute Gasteiger partial charge is 0.119 e. The Bertz CT molecular complexity index is 606. The number of rotatable bonds is 3. The van der Waals surface area contributed by atoms with Crippen LogP contribution >= 0.6 is 0 Å². The third-order valence-electron chi connectivity index (χ3n) is 4.14. The van der Waals surface area contributed by atoms with Crippen LogP contribution in [-0.2, 0) is 12.8 Å². The Kier molecular flexibility index (Phi) is 3.64. The summed E-state index contributed by atoms with van der Waals surface area (Å²) in [5, 5.41) is 3.69. The maximum Gasteiger partial charge on any atom is 0.119 e. The molecule has 1 N–H and O–H groups in total. The molecular formula is C18H21NO. The summed E-state index contributed by atoms with van der Waals surface area (Å²) >= 11 is 0. The highest BCUT2D eigenvalue weighted by Gasteiger charge is 2.18. The quantitative estimate of drug-likeness (QED) is 0.908. The number of hydrogen-bond acceptors (Lipinski definition) is 2. The largest absolute Gasteiger partial charge is 0.497 e. The number of hydrogen-bond donors (Lipinski definition) is 1. The average Bonchev–Trinajstić information content (AvgIpc) is 2.49. The SMILES string of the molecule is COc1ccc(NC2CCc3ccccc3C2)c(C)c1. The van der Waals surface area contributed by atoms with Crippen LogP contribution in [0.3, 0.4) is 0 Å². The van der Waals surface area contributed by atoms with Gasteiger partial charge in [0, 0.05) is 11.7 Å². The minimum absolute atomic E-state index is 0.525. The molecule has 2 aromatic rings. The van der Waals surface area contributed by atoms with Crippen LogP contribution in [0.4, 0.5) is 5.69 Å². The monoisotopic (exact) mass is 267 g/mol. The van der Waals surface area contributed by atoms with E-state index in [9.17, 15) is 0 Å². The molecule has 1 aliphatic carbocycles. The van der Waals surface area contributed by atoms with E-state index >= 15 is 0 Å². The second-order valence-corrected chi connectivity index (χ2v) is 5.53. The van der Waals surface area contributed by atoms with Crippen molar-refractivity contribution in [1.29, 1.82) is 0 Å². The fraction of sp³-hybridized carbons (Fsp3) is 0.333. The lowest BCUT2D eigenvalue weighted by Gasteiger charge is -2.27. The average molecular weight is 267 g/mol. The zero-order chi connectivity index (χ0) is 13.9. The Balaban J connectivity index is 1.73. The Morgan fingerprint density at radius 2 is 1.90 bits per heavy atom. The van der Waals surface area contributed by atoms with E-state index in [0.717, 1.165) is 12.2 Å². The van der Waals surface area contributed by atoms with Gasteiger partial charge in [0.2, 0.25) is 0 Å². The molecule has 0 spiro atoms. The van der Waals surface area contributed by atoms with Crippen LogP contribution in [0.15, 0.2) is 42.5 Å². The van der Waals surface area contributed by atoms with Gasteiger partial charge in [-0.3, -0.25) is 0 Å². The number of benzene rings is 2. The molecule has 3 rings (SSSR count). The maximum atomic E-state index is 5.26. The van der Waals surface area contributed by atoms with Crippen molar-refractivity contribution < 1.29 is 4.74 Å². The first-order valence-electron chi connectivity index (χ1n) is 7.24. The van der Waals surface area contributed by atoms with Crippen LogP contribution in [0.5, 0.6) is 5.75 Å². The lowest BCUT2D eigenvalue weighted by atomic mass is 9.88. The van der Waals surface area contributed by atoms with Gasteiger partial charge in [-0.05, 0) is 61.1 Å². The molecule has 0 radical (unpaired) electrons. The molecule has 0 aliphatic heterocycles. The van der Waals surface area contributed by atoms with Gasteiger partial charge in [0.1, 0.15) is 5.75 Å². The second-order valence-electron chi connectivity index (χ2n) is 5.53. The van der Waals surface area contributed by atoms with Crippen LogP contribution in [-0.4, -0.2) is 13.2 Å². The molecule has 0 heterocycles. The van der Waals surface area contributed by atoms with Crippen LogP contribution < -0.4 is 10.1 Å². The summed E-state index contributed by atoms with van der Waals surface area (Å²) in [7, 11) is 1.71. The first-order valence-corrected chi connectivity index (χ1v) is 7.24. The molecule has 0 aromatic heterocycles. The molecule has 0 fully saturated rings. The van der Waals surface area contributed by atoms with Gasteiger partial charge in [0.05, 0.1) is 7.11 Å². The van der Waals surface area contributed by atoms with E-state index in [0.29, 0.717) is 6.04 Å². The van der Waals surface area contributed by atoms with E-state index in [1.165, 1.54) is 35.2 Å². The van der Waals surface area contributed by atoms with Crippen molar-refractivity contribution in [2.24, 2.45) is 0 Å². The van der Waals surface area contributed by atoms with Gasteiger partial charge in [0.25, 0.3) is 0 Å². The zero-order valence-electron chi connectivity index (χ0n) is 12.1. The summed E-state index contributed by atoms with van der Waals surface area (Å²) in [6, 6.07) is 15.5. The molecular weight excluding hydrogens is 246 g/mol. The second kappa shape index (κ2) is 5.58. The van der Waals surface area contributed by atoms with Gasteiger partial charge >= 0.3 is 0 Å². The molecule has 1 atom stereocenters.